The molecule has 2 rings (SSSR count). The van der Waals surface area contributed by atoms with Crippen molar-refractivity contribution in [2.75, 3.05) is 45.9 Å². The van der Waals surface area contributed by atoms with Gasteiger partial charge in [0.1, 0.15) is 0 Å². The van der Waals surface area contributed by atoms with Crippen molar-refractivity contribution in [2.45, 2.75) is 40.3 Å². The first kappa shape index (κ1) is 21.4. The van der Waals surface area contributed by atoms with Gasteiger partial charge >= 0.3 is 0 Å². The topological polar surface area (TPSA) is 71.0 Å². The summed E-state index contributed by atoms with van der Waals surface area (Å²) in [6, 6.07) is 3.90. The summed E-state index contributed by atoms with van der Waals surface area (Å²) in [6.07, 6.45) is 1.95. The number of nitrogens with one attached hydrogen (secondary N) is 2. The van der Waals surface area contributed by atoms with Crippen LogP contribution >= 0.6 is 0 Å². The average molecular weight is 378 g/mol. The van der Waals surface area contributed by atoms with Crippen molar-refractivity contribution < 1.29 is 9.47 Å². The number of ether oxygens (including phenoxy) is 2. The fraction of sp³-hybridized carbons (Fsp3) is 0.700. The molecule has 7 heteroatoms. The van der Waals surface area contributed by atoms with Crippen LogP contribution in [0.4, 0.5) is 0 Å². The number of rotatable bonds is 9. The maximum atomic E-state index is 5.91. The van der Waals surface area contributed by atoms with Crippen LogP contribution in [-0.4, -0.2) is 67.9 Å². The van der Waals surface area contributed by atoms with Crippen LogP contribution in [0.25, 0.3) is 0 Å². The highest BCUT2D eigenvalue weighted by atomic mass is 16.5. The Morgan fingerprint density at radius 2 is 2.26 bits per heavy atom. The lowest BCUT2D eigenvalue weighted by atomic mass is 10.2. The number of guanidine groups is 1. The van der Waals surface area contributed by atoms with Gasteiger partial charge in [0, 0.05) is 45.0 Å². The van der Waals surface area contributed by atoms with E-state index < -0.39 is 0 Å². The molecule has 1 aliphatic heterocycles. The van der Waals surface area contributed by atoms with Crippen molar-refractivity contribution in [3.63, 3.8) is 0 Å². The third-order valence-corrected chi connectivity index (χ3v) is 4.20. The third kappa shape index (κ3) is 8.13. The van der Waals surface area contributed by atoms with Crippen LogP contribution in [0, 0.1) is 5.92 Å². The van der Waals surface area contributed by atoms with E-state index in [4.69, 9.17) is 9.47 Å². The van der Waals surface area contributed by atoms with Gasteiger partial charge in [0.2, 0.25) is 5.88 Å². The maximum Gasteiger partial charge on any atom is 0.213 e. The van der Waals surface area contributed by atoms with Crippen LogP contribution in [-0.2, 0) is 11.3 Å². The molecule has 0 amide bonds. The SMILES string of the molecule is CCNC(=NCc1ccnc(OCC)c1)NCC1CN(CC(C)C)CCO1. The van der Waals surface area contributed by atoms with Crippen LogP contribution in [0.3, 0.4) is 0 Å². The molecule has 1 saturated heterocycles. The van der Waals surface area contributed by atoms with Gasteiger partial charge in [0.05, 0.1) is 25.9 Å². The minimum absolute atomic E-state index is 0.187. The van der Waals surface area contributed by atoms with Crippen molar-refractivity contribution in [3.8, 4) is 5.88 Å². The molecule has 0 saturated carbocycles. The zero-order valence-electron chi connectivity index (χ0n) is 17.2. The zero-order valence-corrected chi connectivity index (χ0v) is 17.2. The van der Waals surface area contributed by atoms with E-state index in [2.05, 4.69) is 46.3 Å². The van der Waals surface area contributed by atoms with Gasteiger partial charge in [-0.15, -0.1) is 0 Å². The first-order valence-electron chi connectivity index (χ1n) is 10.0. The van der Waals surface area contributed by atoms with Crippen LogP contribution in [0.1, 0.15) is 33.3 Å². The summed E-state index contributed by atoms with van der Waals surface area (Å²) >= 11 is 0. The standard InChI is InChI=1S/C20H35N5O2/c1-5-21-20(23-12-17-7-8-22-19(11-17)26-6-2)24-13-18-15-25(9-10-27-18)14-16(3)4/h7-8,11,16,18H,5-6,9-10,12-15H2,1-4H3,(H2,21,23,24). The minimum atomic E-state index is 0.187. The molecule has 1 aromatic heterocycles. The molecule has 1 aliphatic rings. The molecular formula is C20H35N5O2. The Morgan fingerprint density at radius 1 is 1.41 bits per heavy atom. The summed E-state index contributed by atoms with van der Waals surface area (Å²) in [4.78, 5) is 11.4. The number of nitrogens with zero attached hydrogens (tertiary/aromatic N) is 3. The summed E-state index contributed by atoms with van der Waals surface area (Å²) in [6.45, 7) is 15.2. The van der Waals surface area contributed by atoms with Crippen molar-refractivity contribution >= 4 is 5.96 Å². The van der Waals surface area contributed by atoms with Gasteiger partial charge < -0.3 is 20.1 Å². The van der Waals surface area contributed by atoms with Gasteiger partial charge in [0.15, 0.2) is 5.96 Å². The van der Waals surface area contributed by atoms with E-state index in [0.717, 1.165) is 50.9 Å². The van der Waals surface area contributed by atoms with Crippen LogP contribution in [0.15, 0.2) is 23.3 Å². The van der Waals surface area contributed by atoms with Gasteiger partial charge in [-0.1, -0.05) is 13.8 Å². The van der Waals surface area contributed by atoms with Gasteiger partial charge in [-0.05, 0) is 31.4 Å². The number of aromatic nitrogens is 1. The van der Waals surface area contributed by atoms with Crippen molar-refractivity contribution in [1.82, 2.24) is 20.5 Å². The van der Waals surface area contributed by atoms with E-state index in [1.165, 1.54) is 0 Å². The number of hydrogen-bond acceptors (Lipinski definition) is 5. The zero-order chi connectivity index (χ0) is 19.5. The van der Waals surface area contributed by atoms with Gasteiger partial charge in [0.25, 0.3) is 0 Å². The normalized spacial score (nSPS) is 18.6. The minimum Gasteiger partial charge on any atom is -0.478 e. The van der Waals surface area contributed by atoms with Crippen LogP contribution in [0.5, 0.6) is 5.88 Å². The number of hydrogen-bond donors (Lipinski definition) is 2. The fourth-order valence-electron chi connectivity index (χ4n) is 3.08. The first-order chi connectivity index (χ1) is 13.1. The lowest BCUT2D eigenvalue weighted by Crippen LogP contribution is -2.50. The van der Waals surface area contributed by atoms with Crippen LogP contribution < -0.4 is 15.4 Å². The molecule has 27 heavy (non-hydrogen) atoms. The predicted octanol–water partition coefficient (Wildman–Crippen LogP) is 1.89. The lowest BCUT2D eigenvalue weighted by Gasteiger charge is -2.34. The van der Waals surface area contributed by atoms with E-state index in [-0.39, 0.29) is 6.10 Å². The second-order valence-corrected chi connectivity index (χ2v) is 7.16. The van der Waals surface area contributed by atoms with Gasteiger partial charge in [-0.25, -0.2) is 9.98 Å². The Bertz CT molecular complexity index is 579. The Labute approximate surface area is 163 Å². The molecule has 7 nitrogen and oxygen atoms in total. The second-order valence-electron chi connectivity index (χ2n) is 7.16. The van der Waals surface area contributed by atoms with Crippen molar-refractivity contribution in [3.05, 3.63) is 23.9 Å². The first-order valence-corrected chi connectivity index (χ1v) is 10.0. The summed E-state index contributed by atoms with van der Waals surface area (Å²) in [5.41, 5.74) is 1.07. The van der Waals surface area contributed by atoms with Crippen molar-refractivity contribution in [2.24, 2.45) is 10.9 Å². The third-order valence-electron chi connectivity index (χ3n) is 4.20. The number of pyridine rings is 1. The van der Waals surface area contributed by atoms with E-state index in [0.29, 0.717) is 24.9 Å². The molecule has 0 radical (unpaired) electrons. The predicted molar refractivity (Wildman–Crippen MR) is 109 cm³/mol. The summed E-state index contributed by atoms with van der Waals surface area (Å²) in [5.74, 6) is 2.12. The molecule has 2 heterocycles. The summed E-state index contributed by atoms with van der Waals surface area (Å²) in [7, 11) is 0. The summed E-state index contributed by atoms with van der Waals surface area (Å²) in [5, 5.41) is 6.71. The molecule has 2 N–H and O–H groups in total. The maximum absolute atomic E-state index is 5.91. The quantitative estimate of drug-likeness (QED) is 0.506. The molecule has 152 valence electrons. The molecule has 1 aromatic rings. The van der Waals surface area contributed by atoms with E-state index in [9.17, 15) is 0 Å². The molecule has 1 atom stereocenters. The highest BCUT2D eigenvalue weighted by Gasteiger charge is 2.21. The number of morpholine rings is 1. The summed E-state index contributed by atoms with van der Waals surface area (Å²) < 4.78 is 11.4. The second kappa shape index (κ2) is 11.8. The molecule has 0 bridgehead atoms. The molecule has 0 aromatic carbocycles. The molecule has 1 unspecified atom stereocenters. The van der Waals surface area contributed by atoms with E-state index >= 15 is 0 Å². The largest absolute Gasteiger partial charge is 0.478 e. The van der Waals surface area contributed by atoms with E-state index in [1.807, 2.05) is 19.1 Å². The monoisotopic (exact) mass is 377 g/mol. The molecule has 0 aliphatic carbocycles. The highest BCUT2D eigenvalue weighted by molar-refractivity contribution is 5.79. The Kier molecular flexibility index (Phi) is 9.35. The van der Waals surface area contributed by atoms with Crippen LogP contribution in [0.2, 0.25) is 0 Å². The van der Waals surface area contributed by atoms with E-state index in [1.54, 1.807) is 6.20 Å². The molecular weight excluding hydrogens is 342 g/mol. The molecule has 0 spiro atoms. The Balaban J connectivity index is 1.87. The highest BCUT2D eigenvalue weighted by Crippen LogP contribution is 2.10. The molecule has 1 fully saturated rings. The number of aliphatic imine (C=N–C) groups is 1. The Morgan fingerprint density at radius 3 is 3.00 bits per heavy atom. The lowest BCUT2D eigenvalue weighted by molar-refractivity contribution is -0.0284. The van der Waals surface area contributed by atoms with Gasteiger partial charge in [-0.2, -0.15) is 0 Å². The Hall–Kier alpha value is -1.86. The fourth-order valence-corrected chi connectivity index (χ4v) is 3.08. The average Bonchev–Trinajstić information content (AvgIpc) is 2.64. The van der Waals surface area contributed by atoms with Gasteiger partial charge in [-0.3, -0.25) is 4.90 Å². The smallest absolute Gasteiger partial charge is 0.213 e. The van der Waals surface area contributed by atoms with Crippen molar-refractivity contribution in [1.29, 1.82) is 0 Å².